The molecule has 0 fully saturated rings. The maximum atomic E-state index is 4.18. The van der Waals surface area contributed by atoms with E-state index in [1.807, 2.05) is 25.3 Å². The van der Waals surface area contributed by atoms with Gasteiger partial charge in [0.2, 0.25) is 0 Å². The van der Waals surface area contributed by atoms with Crippen LogP contribution >= 0.6 is 0 Å². The zero-order valence-corrected chi connectivity index (χ0v) is 7.59. The van der Waals surface area contributed by atoms with E-state index in [1.54, 1.807) is 0 Å². The molecule has 62 valence electrons. The van der Waals surface area contributed by atoms with Crippen LogP contribution in [-0.2, 0) is 0 Å². The van der Waals surface area contributed by atoms with Crippen molar-refractivity contribution in [2.75, 3.05) is 0 Å². The fraction of sp³-hybridized carbons (Fsp3) is 0.364. The van der Waals surface area contributed by atoms with Crippen LogP contribution in [0.15, 0.2) is 18.3 Å². The maximum absolute atomic E-state index is 4.18. The molecule has 0 amide bonds. The quantitative estimate of drug-likeness (QED) is 0.574. The lowest BCUT2D eigenvalue weighted by Crippen LogP contribution is -1.81. The zero-order valence-electron chi connectivity index (χ0n) is 7.59. The Kier molecular flexibility index (Phi) is 3.35. The highest BCUT2D eigenvalue weighted by Crippen LogP contribution is 1.96. The summed E-state index contributed by atoms with van der Waals surface area (Å²) in [5, 5.41) is 0. The number of nitrogens with zero attached hydrogens (tertiary/aromatic N) is 1. The van der Waals surface area contributed by atoms with Gasteiger partial charge < -0.3 is 0 Å². The molecule has 0 spiro atoms. The minimum absolute atomic E-state index is 0.869. The summed E-state index contributed by atoms with van der Waals surface area (Å²) in [6.07, 6.45) is 3.91. The lowest BCUT2D eigenvalue weighted by molar-refractivity contribution is 0.983. The van der Waals surface area contributed by atoms with E-state index in [0.29, 0.717) is 0 Å². The van der Waals surface area contributed by atoms with Crippen molar-refractivity contribution >= 4 is 0 Å². The van der Waals surface area contributed by atoms with Gasteiger partial charge in [-0.2, -0.15) is 0 Å². The summed E-state index contributed by atoms with van der Waals surface area (Å²) >= 11 is 0. The van der Waals surface area contributed by atoms with Gasteiger partial charge in [-0.15, -0.1) is 0 Å². The minimum atomic E-state index is 0.869. The first-order valence-corrected chi connectivity index (χ1v) is 4.24. The van der Waals surface area contributed by atoms with E-state index in [2.05, 4.69) is 23.7 Å². The molecule has 0 aliphatic heterocycles. The van der Waals surface area contributed by atoms with Crippen molar-refractivity contribution < 1.29 is 0 Å². The average molecular weight is 159 g/mol. The summed E-state index contributed by atoms with van der Waals surface area (Å²) in [6, 6.07) is 3.99. The summed E-state index contributed by atoms with van der Waals surface area (Å²) in [6.45, 7) is 4.15. The number of aryl methyl sites for hydroxylation is 1. The smallest absolute Gasteiger partial charge is 0.113 e. The van der Waals surface area contributed by atoms with Gasteiger partial charge in [0.1, 0.15) is 5.69 Å². The standard InChI is InChI=1S/C11H13N/c1-3-4-5-6-11-8-7-10(2)9-12-11/h7-9H,3-4H2,1-2H3. The monoisotopic (exact) mass is 159 g/mol. The Bertz CT molecular complexity index is 287. The summed E-state index contributed by atoms with van der Waals surface area (Å²) in [4.78, 5) is 4.18. The van der Waals surface area contributed by atoms with Crippen LogP contribution in [0.2, 0.25) is 0 Å². The van der Waals surface area contributed by atoms with Gasteiger partial charge >= 0.3 is 0 Å². The topological polar surface area (TPSA) is 12.9 Å². The van der Waals surface area contributed by atoms with E-state index in [0.717, 1.165) is 18.5 Å². The Morgan fingerprint density at radius 3 is 2.83 bits per heavy atom. The number of hydrogen-bond donors (Lipinski definition) is 0. The van der Waals surface area contributed by atoms with Crippen LogP contribution in [0, 0.1) is 18.8 Å². The zero-order chi connectivity index (χ0) is 8.81. The van der Waals surface area contributed by atoms with Crippen LogP contribution in [0.5, 0.6) is 0 Å². The first-order valence-electron chi connectivity index (χ1n) is 4.24. The van der Waals surface area contributed by atoms with E-state index < -0.39 is 0 Å². The maximum Gasteiger partial charge on any atom is 0.113 e. The number of pyridine rings is 1. The van der Waals surface area contributed by atoms with E-state index in [-0.39, 0.29) is 0 Å². The molecule has 0 atom stereocenters. The van der Waals surface area contributed by atoms with Gasteiger partial charge in [-0.3, -0.25) is 0 Å². The van der Waals surface area contributed by atoms with E-state index in [9.17, 15) is 0 Å². The SMILES string of the molecule is CCCC#Cc1ccc(C)cn1. The predicted octanol–water partition coefficient (Wildman–Crippen LogP) is 2.54. The van der Waals surface area contributed by atoms with Gasteiger partial charge in [0.15, 0.2) is 0 Å². The Morgan fingerprint density at radius 1 is 1.42 bits per heavy atom. The van der Waals surface area contributed by atoms with Crippen molar-refractivity contribution in [3.63, 3.8) is 0 Å². The molecule has 0 N–H and O–H groups in total. The van der Waals surface area contributed by atoms with Crippen molar-refractivity contribution in [3.8, 4) is 11.8 Å². The number of aromatic nitrogens is 1. The molecule has 0 unspecified atom stereocenters. The highest BCUT2D eigenvalue weighted by molar-refractivity contribution is 5.28. The number of unbranched alkanes of at least 4 members (excludes halogenated alkanes) is 1. The second kappa shape index (κ2) is 4.56. The van der Waals surface area contributed by atoms with Crippen molar-refractivity contribution in [3.05, 3.63) is 29.6 Å². The predicted molar refractivity (Wildman–Crippen MR) is 50.8 cm³/mol. The molecule has 0 saturated carbocycles. The molecule has 1 rings (SSSR count). The first kappa shape index (κ1) is 8.80. The molecule has 0 aliphatic rings. The van der Waals surface area contributed by atoms with E-state index >= 15 is 0 Å². The molecule has 0 radical (unpaired) electrons. The third-order valence-electron chi connectivity index (χ3n) is 1.50. The van der Waals surface area contributed by atoms with Gasteiger partial charge in [-0.25, -0.2) is 4.98 Å². The van der Waals surface area contributed by atoms with Crippen molar-refractivity contribution in [2.45, 2.75) is 26.7 Å². The first-order chi connectivity index (χ1) is 5.83. The average Bonchev–Trinajstić information content (AvgIpc) is 2.09. The lowest BCUT2D eigenvalue weighted by Gasteiger charge is -1.90. The number of rotatable bonds is 1. The molecule has 0 bridgehead atoms. The molecule has 1 aromatic rings. The van der Waals surface area contributed by atoms with Crippen LogP contribution in [0.1, 0.15) is 31.0 Å². The summed E-state index contributed by atoms with van der Waals surface area (Å²) < 4.78 is 0. The third kappa shape index (κ3) is 2.75. The van der Waals surface area contributed by atoms with E-state index in [4.69, 9.17) is 0 Å². The fourth-order valence-corrected chi connectivity index (χ4v) is 0.820. The Labute approximate surface area is 73.8 Å². The van der Waals surface area contributed by atoms with Gasteiger partial charge in [-0.05, 0) is 30.9 Å². The van der Waals surface area contributed by atoms with Crippen LogP contribution in [0.25, 0.3) is 0 Å². The Morgan fingerprint density at radius 2 is 2.25 bits per heavy atom. The molecule has 1 heterocycles. The highest BCUT2D eigenvalue weighted by Gasteiger charge is 1.85. The van der Waals surface area contributed by atoms with Crippen LogP contribution < -0.4 is 0 Å². The number of hydrogen-bond acceptors (Lipinski definition) is 1. The van der Waals surface area contributed by atoms with Crippen molar-refractivity contribution in [1.82, 2.24) is 4.98 Å². The molecule has 0 saturated heterocycles. The second-order valence-corrected chi connectivity index (χ2v) is 2.77. The third-order valence-corrected chi connectivity index (χ3v) is 1.50. The highest BCUT2D eigenvalue weighted by atomic mass is 14.7. The molecule has 1 aromatic heterocycles. The molecule has 12 heavy (non-hydrogen) atoms. The van der Waals surface area contributed by atoms with Crippen molar-refractivity contribution in [1.29, 1.82) is 0 Å². The summed E-state index contributed by atoms with van der Waals surface area (Å²) in [5.74, 6) is 6.07. The molecule has 0 aliphatic carbocycles. The summed E-state index contributed by atoms with van der Waals surface area (Å²) in [5.41, 5.74) is 2.05. The fourth-order valence-electron chi connectivity index (χ4n) is 0.820. The normalized spacial score (nSPS) is 8.83. The van der Waals surface area contributed by atoms with Gasteiger partial charge in [0.25, 0.3) is 0 Å². The van der Waals surface area contributed by atoms with E-state index in [1.165, 1.54) is 5.56 Å². The van der Waals surface area contributed by atoms with Crippen LogP contribution in [0.4, 0.5) is 0 Å². The second-order valence-electron chi connectivity index (χ2n) is 2.77. The lowest BCUT2D eigenvalue weighted by atomic mass is 10.2. The largest absolute Gasteiger partial charge is 0.248 e. The molecular formula is C11H13N. The molecule has 1 heteroatoms. The van der Waals surface area contributed by atoms with Crippen LogP contribution in [-0.4, -0.2) is 4.98 Å². The van der Waals surface area contributed by atoms with Crippen LogP contribution in [0.3, 0.4) is 0 Å². The minimum Gasteiger partial charge on any atom is -0.248 e. The van der Waals surface area contributed by atoms with Crippen molar-refractivity contribution in [2.24, 2.45) is 0 Å². The molecule has 1 nitrogen and oxygen atoms in total. The Balaban J connectivity index is 2.66. The van der Waals surface area contributed by atoms with Gasteiger partial charge in [-0.1, -0.05) is 18.9 Å². The Hall–Kier alpha value is -1.29. The van der Waals surface area contributed by atoms with Gasteiger partial charge in [0, 0.05) is 12.6 Å². The summed E-state index contributed by atoms with van der Waals surface area (Å²) in [7, 11) is 0. The van der Waals surface area contributed by atoms with Gasteiger partial charge in [0.05, 0.1) is 0 Å². The molecular weight excluding hydrogens is 146 g/mol. The molecule has 0 aromatic carbocycles.